The van der Waals surface area contributed by atoms with Gasteiger partial charge < -0.3 is 15.9 Å². The van der Waals surface area contributed by atoms with Crippen LogP contribution in [0.2, 0.25) is 0 Å². The van der Waals surface area contributed by atoms with Gasteiger partial charge in [0.2, 0.25) is 0 Å². The van der Waals surface area contributed by atoms with Gasteiger partial charge in [-0.25, -0.2) is 4.79 Å². The van der Waals surface area contributed by atoms with Crippen LogP contribution in [0.4, 0.5) is 11.4 Å². The van der Waals surface area contributed by atoms with E-state index in [-0.39, 0.29) is 17.8 Å². The number of nitrogen functional groups attached to an aromatic ring is 1. The number of carbonyl (C=O) groups is 1. The molecule has 1 atom stereocenters. The maximum absolute atomic E-state index is 10.7. The first-order valence-electron chi connectivity index (χ1n) is 4.77. The minimum Gasteiger partial charge on any atom is -0.479 e. The molecule has 0 saturated heterocycles. The molecule has 0 aliphatic heterocycles. The number of benzene rings is 1. The van der Waals surface area contributed by atoms with Gasteiger partial charge in [-0.3, -0.25) is 10.1 Å². The average molecular weight is 240 g/mol. The number of anilines is 1. The maximum Gasteiger partial charge on any atom is 0.332 e. The van der Waals surface area contributed by atoms with Crippen LogP contribution in [0.1, 0.15) is 11.1 Å². The summed E-state index contributed by atoms with van der Waals surface area (Å²) in [5, 5.41) is 28.4. The lowest BCUT2D eigenvalue weighted by Gasteiger charge is -2.08. The van der Waals surface area contributed by atoms with Gasteiger partial charge in [0, 0.05) is 12.5 Å². The van der Waals surface area contributed by atoms with E-state index < -0.39 is 17.0 Å². The van der Waals surface area contributed by atoms with Crippen LogP contribution in [-0.2, 0) is 11.2 Å². The molecule has 0 bridgehead atoms. The Kier molecular flexibility index (Phi) is 3.64. The predicted octanol–water partition coefficient (Wildman–Crippen LogP) is 0.473. The largest absolute Gasteiger partial charge is 0.479 e. The van der Waals surface area contributed by atoms with Crippen LogP contribution in [0, 0.1) is 17.0 Å². The highest BCUT2D eigenvalue weighted by molar-refractivity contribution is 5.72. The van der Waals surface area contributed by atoms with Crippen LogP contribution < -0.4 is 5.73 Å². The van der Waals surface area contributed by atoms with E-state index in [0.717, 1.165) is 0 Å². The second-order valence-electron chi connectivity index (χ2n) is 3.66. The molecule has 0 unspecified atom stereocenters. The van der Waals surface area contributed by atoms with Crippen LogP contribution in [0.3, 0.4) is 0 Å². The molecular formula is C10H12N2O5. The topological polar surface area (TPSA) is 127 Å². The van der Waals surface area contributed by atoms with E-state index in [1.165, 1.54) is 12.1 Å². The molecule has 0 aliphatic rings. The molecule has 7 heteroatoms. The summed E-state index contributed by atoms with van der Waals surface area (Å²) in [4.78, 5) is 20.5. The number of rotatable bonds is 4. The summed E-state index contributed by atoms with van der Waals surface area (Å²) >= 11 is 0. The van der Waals surface area contributed by atoms with E-state index in [1.807, 2.05) is 0 Å². The summed E-state index contributed by atoms with van der Waals surface area (Å²) in [6.45, 7) is 1.58. The van der Waals surface area contributed by atoms with Gasteiger partial charge in [-0.15, -0.1) is 0 Å². The molecule has 0 aromatic heterocycles. The summed E-state index contributed by atoms with van der Waals surface area (Å²) in [5.74, 6) is -1.37. The van der Waals surface area contributed by atoms with Crippen LogP contribution in [0.15, 0.2) is 12.1 Å². The number of carboxylic acid groups (broad SMARTS) is 1. The highest BCUT2D eigenvalue weighted by Gasteiger charge is 2.19. The zero-order valence-electron chi connectivity index (χ0n) is 9.08. The Labute approximate surface area is 96.6 Å². The first kappa shape index (κ1) is 12.9. The normalized spacial score (nSPS) is 12.1. The summed E-state index contributed by atoms with van der Waals surface area (Å²) in [5.41, 5.74) is 6.13. The summed E-state index contributed by atoms with van der Waals surface area (Å²) in [6, 6.07) is 2.70. The number of aryl methyl sites for hydroxylation is 1. The van der Waals surface area contributed by atoms with Gasteiger partial charge in [0.1, 0.15) is 5.69 Å². The molecule has 0 heterocycles. The fourth-order valence-electron chi connectivity index (χ4n) is 1.43. The van der Waals surface area contributed by atoms with Gasteiger partial charge in [-0.1, -0.05) is 6.07 Å². The number of nitro benzene ring substituents is 1. The van der Waals surface area contributed by atoms with Crippen LogP contribution in [-0.4, -0.2) is 27.2 Å². The molecule has 0 aliphatic carbocycles. The van der Waals surface area contributed by atoms with Crippen molar-refractivity contribution in [2.75, 3.05) is 5.73 Å². The SMILES string of the molecule is Cc1cc(C[C@@H](O)C(=O)O)cc([N+](=O)[O-])c1N. The fourth-order valence-corrected chi connectivity index (χ4v) is 1.43. The second-order valence-corrected chi connectivity index (χ2v) is 3.66. The fraction of sp³-hybridized carbons (Fsp3) is 0.300. The van der Waals surface area contributed by atoms with Gasteiger partial charge in [-0.2, -0.15) is 0 Å². The van der Waals surface area contributed by atoms with Gasteiger partial charge in [0.25, 0.3) is 5.69 Å². The first-order chi connectivity index (χ1) is 7.82. The molecule has 0 spiro atoms. The van der Waals surface area contributed by atoms with Gasteiger partial charge >= 0.3 is 5.97 Å². The van der Waals surface area contributed by atoms with E-state index in [1.54, 1.807) is 6.92 Å². The zero-order chi connectivity index (χ0) is 13.2. The highest BCUT2D eigenvalue weighted by atomic mass is 16.6. The van der Waals surface area contributed by atoms with E-state index in [0.29, 0.717) is 11.1 Å². The Balaban J connectivity index is 3.11. The van der Waals surface area contributed by atoms with E-state index in [2.05, 4.69) is 0 Å². The minimum absolute atomic E-state index is 0.0450. The molecule has 1 aromatic carbocycles. The lowest BCUT2D eigenvalue weighted by atomic mass is 10.0. The van der Waals surface area contributed by atoms with Crippen LogP contribution in [0.25, 0.3) is 0 Å². The Morgan fingerprint density at radius 2 is 2.18 bits per heavy atom. The highest BCUT2D eigenvalue weighted by Crippen LogP contribution is 2.27. The third kappa shape index (κ3) is 2.91. The summed E-state index contributed by atoms with van der Waals surface area (Å²) in [6.07, 6.45) is -1.78. The molecule has 1 aromatic rings. The number of aliphatic hydroxyl groups is 1. The summed E-state index contributed by atoms with van der Waals surface area (Å²) in [7, 11) is 0. The number of nitro groups is 1. The molecule has 1 rings (SSSR count). The number of hydrogen-bond acceptors (Lipinski definition) is 5. The average Bonchev–Trinajstić information content (AvgIpc) is 2.22. The number of nitrogens with zero attached hydrogens (tertiary/aromatic N) is 1. The van der Waals surface area contributed by atoms with Gasteiger partial charge in [0.05, 0.1) is 4.92 Å². The van der Waals surface area contributed by atoms with E-state index >= 15 is 0 Å². The van der Waals surface area contributed by atoms with Crippen molar-refractivity contribution >= 4 is 17.3 Å². The number of hydrogen-bond donors (Lipinski definition) is 3. The Morgan fingerprint density at radius 3 is 2.65 bits per heavy atom. The zero-order valence-corrected chi connectivity index (χ0v) is 9.08. The number of nitrogens with two attached hydrogens (primary N) is 1. The molecule has 4 N–H and O–H groups in total. The first-order valence-corrected chi connectivity index (χ1v) is 4.77. The van der Waals surface area contributed by atoms with Crippen molar-refractivity contribution in [2.24, 2.45) is 0 Å². The van der Waals surface area contributed by atoms with Crippen LogP contribution >= 0.6 is 0 Å². The third-order valence-corrected chi connectivity index (χ3v) is 2.34. The lowest BCUT2D eigenvalue weighted by Crippen LogP contribution is -2.22. The number of carboxylic acids is 1. The monoisotopic (exact) mass is 240 g/mol. The van der Waals surface area contributed by atoms with Crippen molar-refractivity contribution in [2.45, 2.75) is 19.4 Å². The predicted molar refractivity (Wildman–Crippen MR) is 59.6 cm³/mol. The van der Waals surface area contributed by atoms with Crippen molar-refractivity contribution in [3.63, 3.8) is 0 Å². The summed E-state index contributed by atoms with van der Waals surface area (Å²) < 4.78 is 0. The third-order valence-electron chi connectivity index (χ3n) is 2.34. The molecule has 0 amide bonds. The number of aliphatic hydroxyl groups excluding tert-OH is 1. The molecule has 17 heavy (non-hydrogen) atoms. The van der Waals surface area contributed by atoms with Gasteiger partial charge in [0.15, 0.2) is 6.10 Å². The molecule has 7 nitrogen and oxygen atoms in total. The quantitative estimate of drug-likeness (QED) is 0.399. The maximum atomic E-state index is 10.7. The molecule has 0 radical (unpaired) electrons. The standard InChI is InChI=1S/C10H12N2O5/c1-5-2-6(4-8(13)10(14)15)3-7(9(5)11)12(16)17/h2-3,8,13H,4,11H2,1H3,(H,14,15)/t8-/m1/s1. The Hall–Kier alpha value is -2.15. The Bertz CT molecular complexity index is 472. The lowest BCUT2D eigenvalue weighted by molar-refractivity contribution is -0.384. The smallest absolute Gasteiger partial charge is 0.332 e. The van der Waals surface area contributed by atoms with Crippen molar-refractivity contribution in [1.82, 2.24) is 0 Å². The van der Waals surface area contributed by atoms with Gasteiger partial charge in [-0.05, 0) is 18.1 Å². The van der Waals surface area contributed by atoms with Crippen molar-refractivity contribution in [1.29, 1.82) is 0 Å². The van der Waals surface area contributed by atoms with E-state index in [9.17, 15) is 14.9 Å². The van der Waals surface area contributed by atoms with E-state index in [4.69, 9.17) is 15.9 Å². The molecular weight excluding hydrogens is 228 g/mol. The second kappa shape index (κ2) is 4.79. The molecule has 92 valence electrons. The van der Waals surface area contributed by atoms with Crippen LogP contribution in [0.5, 0.6) is 0 Å². The molecule has 0 fully saturated rings. The Morgan fingerprint density at radius 1 is 1.59 bits per heavy atom. The van der Waals surface area contributed by atoms with Crippen molar-refractivity contribution in [3.05, 3.63) is 33.4 Å². The minimum atomic E-state index is -1.59. The molecule has 0 saturated carbocycles. The van der Waals surface area contributed by atoms with Crippen molar-refractivity contribution < 1.29 is 19.9 Å². The number of aliphatic carboxylic acids is 1. The van der Waals surface area contributed by atoms with Crippen molar-refractivity contribution in [3.8, 4) is 0 Å².